The van der Waals surface area contributed by atoms with Crippen LogP contribution in [0.4, 0.5) is 0 Å². The van der Waals surface area contributed by atoms with Crippen molar-refractivity contribution in [3.63, 3.8) is 0 Å². The minimum atomic E-state index is -0.118. The minimum absolute atomic E-state index is 0.0683. The summed E-state index contributed by atoms with van der Waals surface area (Å²) >= 11 is -0.0499. The maximum atomic E-state index is 11.9. The molecule has 6 heteroatoms. The first-order valence-electron chi connectivity index (χ1n) is 4.67. The molecule has 0 saturated carbocycles. The number of hydrogen-bond acceptors (Lipinski definition) is 4. The Morgan fingerprint density at radius 1 is 1.69 bits per heavy atom. The van der Waals surface area contributed by atoms with Gasteiger partial charge in [-0.05, 0) is 0 Å². The summed E-state index contributed by atoms with van der Waals surface area (Å²) in [5.41, 5.74) is 1.42. The third-order valence-electron chi connectivity index (χ3n) is 2.31. The van der Waals surface area contributed by atoms with Crippen LogP contribution in [-0.2, 0) is 4.79 Å². The Hall–Kier alpha value is -0.0900. The maximum absolute atomic E-state index is 11.9. The summed E-state index contributed by atoms with van der Waals surface area (Å²) in [4.78, 5) is 14.1. The second-order valence-electron chi connectivity index (χ2n) is 3.37. The number of nitrogens with one attached hydrogen (secondary N) is 1. The van der Waals surface area contributed by atoms with E-state index in [1.807, 2.05) is 12.1 Å². The molecule has 2 atom stereocenters. The predicted molar refractivity (Wildman–Crippen MR) is 49.7 cm³/mol. The molecule has 0 aromatic carbocycles. The first kappa shape index (κ1) is 11.0. The summed E-state index contributed by atoms with van der Waals surface area (Å²) in [6.45, 7) is 0. The number of furan rings is 2. The van der Waals surface area contributed by atoms with Gasteiger partial charge in [0, 0.05) is 0 Å². The topological polar surface area (TPSA) is 61.4 Å². The first-order valence-corrected chi connectivity index (χ1v) is 10.4. The molecule has 1 aliphatic rings. The molecule has 0 radical (unpaired) electrons. The molecule has 0 spiro atoms. The zero-order valence-corrected chi connectivity index (χ0v) is 12.7. The molecule has 88 valence electrons. The molecule has 0 amide bonds. The van der Waals surface area contributed by atoms with Crippen LogP contribution in [0.5, 0.6) is 5.75 Å². The van der Waals surface area contributed by atoms with Gasteiger partial charge in [-0.25, -0.2) is 0 Å². The number of hydrogen-bond donors (Lipinski definition) is 1. The van der Waals surface area contributed by atoms with Crippen molar-refractivity contribution < 1.29 is 56.6 Å². The van der Waals surface area contributed by atoms with Crippen molar-refractivity contribution in [2.45, 2.75) is 7.97 Å². The second kappa shape index (κ2) is 4.30. The van der Waals surface area contributed by atoms with E-state index in [2.05, 4.69) is 8.46 Å². The quantitative estimate of drug-likeness (QED) is 0.0974. The molecule has 16 heavy (non-hydrogen) atoms. The van der Waals surface area contributed by atoms with E-state index in [1.165, 1.54) is 0 Å². The predicted octanol–water partition coefficient (Wildman–Crippen LogP) is -5.20. The number of fused-ring (bicyclic) bond motifs is 2. The van der Waals surface area contributed by atoms with E-state index in [1.54, 1.807) is 6.07 Å². The van der Waals surface area contributed by atoms with Crippen LogP contribution in [-0.4, -0.2) is 18.9 Å². The normalized spacial score (nSPS) is 21.9. The zero-order chi connectivity index (χ0) is 11.1. The van der Waals surface area contributed by atoms with E-state index in [4.69, 9.17) is 9.15 Å². The van der Waals surface area contributed by atoms with Crippen LogP contribution in [0.25, 0.3) is 11.2 Å². The molecular formula is C10H9I2NO3-2. The number of carbonyl (C=O) groups is 1. The number of rotatable bonds is 4. The molecule has 2 aromatic heterocycles. The van der Waals surface area contributed by atoms with E-state index >= 15 is 0 Å². The monoisotopic (exact) mass is 445 g/mol. The number of carbonyl (C=O) groups excluding carboxylic acids is 1. The molecule has 1 aliphatic heterocycles. The van der Waals surface area contributed by atoms with Crippen LogP contribution in [0.2, 0.25) is 0 Å². The van der Waals surface area contributed by atoms with E-state index in [0.29, 0.717) is 15.4 Å². The van der Waals surface area contributed by atoms with E-state index in [0.717, 1.165) is 5.58 Å². The van der Waals surface area contributed by atoms with Gasteiger partial charge in [0.05, 0.1) is 0 Å². The van der Waals surface area contributed by atoms with Crippen molar-refractivity contribution in [2.75, 3.05) is 4.93 Å². The van der Waals surface area contributed by atoms with Gasteiger partial charge >= 0.3 is 114 Å². The van der Waals surface area contributed by atoms with E-state index in [9.17, 15) is 4.79 Å². The van der Waals surface area contributed by atoms with Crippen molar-refractivity contribution in [1.29, 1.82) is 0 Å². The van der Waals surface area contributed by atoms with Crippen molar-refractivity contribution >= 4 is 17.1 Å². The van der Waals surface area contributed by atoms with Gasteiger partial charge in [0.25, 0.3) is 0 Å². The van der Waals surface area contributed by atoms with Crippen molar-refractivity contribution in [3.05, 3.63) is 18.2 Å². The average Bonchev–Trinajstić information content (AvgIpc) is 2.89. The fraction of sp³-hybridized carbons (Fsp3) is 0.300. The Bertz CT molecular complexity index is 508. The summed E-state index contributed by atoms with van der Waals surface area (Å²) in [5.74, 6) is 0.484. The zero-order valence-electron chi connectivity index (χ0n) is 8.37. The summed E-state index contributed by atoms with van der Waals surface area (Å²) in [6, 6.07) is 5.47. The number of esters is 1. The standard InChI is InChI=1S/C10H9I2NO3/c1-11-8(9-12-13-9)10(14)16-7-4-5-2-3-6(7)15-5/h2-4,8-9,13H,1H3/q-2. The Morgan fingerprint density at radius 2 is 2.50 bits per heavy atom. The third-order valence-corrected chi connectivity index (χ3v) is 8.31. The van der Waals surface area contributed by atoms with Gasteiger partial charge in [0.15, 0.2) is 0 Å². The second-order valence-corrected chi connectivity index (χ2v) is 8.55. The SMILES string of the molecule is C[I-]C(C(=O)Oc1cc2ccc1o2)C1N[I-]1. The average molecular weight is 445 g/mol. The fourth-order valence-corrected chi connectivity index (χ4v) is 7.52. The molecule has 4 nitrogen and oxygen atoms in total. The van der Waals surface area contributed by atoms with Gasteiger partial charge in [-0.15, -0.1) is 0 Å². The molecule has 1 saturated heterocycles. The molecular weight excluding hydrogens is 436 g/mol. The van der Waals surface area contributed by atoms with Crippen LogP contribution >= 0.6 is 0 Å². The van der Waals surface area contributed by atoms with Gasteiger partial charge in [-0.2, -0.15) is 0 Å². The Kier molecular flexibility index (Phi) is 2.96. The molecule has 0 aliphatic carbocycles. The van der Waals surface area contributed by atoms with Crippen LogP contribution in [0.1, 0.15) is 0 Å². The molecule has 3 rings (SSSR count). The van der Waals surface area contributed by atoms with Gasteiger partial charge in [0.1, 0.15) is 0 Å². The van der Waals surface area contributed by atoms with Crippen LogP contribution < -0.4 is 51.0 Å². The van der Waals surface area contributed by atoms with Crippen LogP contribution in [0, 0.1) is 0 Å². The number of ether oxygens (including phenoxy) is 1. The van der Waals surface area contributed by atoms with Gasteiger partial charge in [0.2, 0.25) is 0 Å². The van der Waals surface area contributed by atoms with Gasteiger partial charge in [-0.3, -0.25) is 0 Å². The first-order chi connectivity index (χ1) is 7.78. The molecule has 1 fully saturated rings. The van der Waals surface area contributed by atoms with Crippen molar-refractivity contribution in [3.8, 4) is 5.75 Å². The Balaban J connectivity index is 1.73. The molecule has 3 heterocycles. The molecule has 2 aromatic rings. The van der Waals surface area contributed by atoms with Gasteiger partial charge in [-0.1, -0.05) is 0 Å². The summed E-state index contributed by atoms with van der Waals surface area (Å²) < 4.78 is 14.6. The molecule has 1 N–H and O–H groups in total. The third kappa shape index (κ3) is 2.02. The van der Waals surface area contributed by atoms with Gasteiger partial charge < -0.3 is 0 Å². The summed E-state index contributed by atoms with van der Waals surface area (Å²) in [5, 5.41) is 0. The van der Waals surface area contributed by atoms with Crippen molar-refractivity contribution in [2.24, 2.45) is 0 Å². The summed E-state index contributed by atoms with van der Waals surface area (Å²) in [7, 11) is 0. The van der Waals surface area contributed by atoms with E-state index < -0.39 is 0 Å². The Labute approximate surface area is 113 Å². The molecule has 2 unspecified atom stereocenters. The molecule has 2 bridgehead atoms. The summed E-state index contributed by atoms with van der Waals surface area (Å²) in [6.07, 6.45) is 0. The number of benzene rings is 1. The van der Waals surface area contributed by atoms with E-state index in [-0.39, 0.29) is 52.6 Å². The fourth-order valence-electron chi connectivity index (χ4n) is 1.47. The Morgan fingerprint density at radius 3 is 3.00 bits per heavy atom. The van der Waals surface area contributed by atoms with Crippen molar-refractivity contribution in [1.82, 2.24) is 3.53 Å². The van der Waals surface area contributed by atoms with Crippen LogP contribution in [0.3, 0.4) is 0 Å². The number of alkyl halides is 3. The number of halogens is 2. The van der Waals surface area contributed by atoms with Crippen LogP contribution in [0.15, 0.2) is 22.6 Å².